The average molecular weight is 275 g/mol. The molecule has 0 amide bonds. The first-order chi connectivity index (χ1) is 9.19. The van der Waals surface area contributed by atoms with Crippen molar-refractivity contribution in [2.24, 2.45) is 0 Å². The Morgan fingerprint density at radius 1 is 1.37 bits per heavy atom. The van der Waals surface area contributed by atoms with E-state index in [0.717, 1.165) is 0 Å². The van der Waals surface area contributed by atoms with Crippen LogP contribution in [0.2, 0.25) is 0 Å². The second-order valence-electron chi connectivity index (χ2n) is 3.87. The van der Waals surface area contributed by atoms with Gasteiger partial charge in [0.25, 0.3) is 5.56 Å². The minimum absolute atomic E-state index is 0.262. The summed E-state index contributed by atoms with van der Waals surface area (Å²) in [6, 6.07) is 3.39. The number of nitrogens with one attached hydrogen (secondary N) is 2. The monoisotopic (exact) mass is 275 g/mol. The van der Waals surface area contributed by atoms with Gasteiger partial charge in [0.05, 0.1) is 29.8 Å². The fourth-order valence-electron chi connectivity index (χ4n) is 1.91. The first-order valence-corrected chi connectivity index (χ1v) is 5.83. The SMILES string of the molecule is COc1cc2[nH]c(=S)[nH]c(=O)c2cc1-c1cnco1. The third-order valence-electron chi connectivity index (χ3n) is 2.76. The molecule has 0 saturated heterocycles. The average Bonchev–Trinajstić information content (AvgIpc) is 2.91. The zero-order valence-corrected chi connectivity index (χ0v) is 10.7. The smallest absolute Gasteiger partial charge is 0.259 e. The molecular formula is C12H9N3O3S. The van der Waals surface area contributed by atoms with Crippen LogP contribution in [-0.2, 0) is 0 Å². The van der Waals surface area contributed by atoms with Crippen molar-refractivity contribution < 1.29 is 9.15 Å². The number of hydrogen-bond donors (Lipinski definition) is 2. The Hall–Kier alpha value is -2.41. The van der Waals surface area contributed by atoms with Crippen LogP contribution in [0.4, 0.5) is 0 Å². The van der Waals surface area contributed by atoms with Crippen molar-refractivity contribution in [3.8, 4) is 17.1 Å². The molecule has 0 unspecified atom stereocenters. The lowest BCUT2D eigenvalue weighted by Gasteiger charge is -2.07. The van der Waals surface area contributed by atoms with Crippen LogP contribution in [0.3, 0.4) is 0 Å². The fraction of sp³-hybridized carbons (Fsp3) is 0.0833. The summed E-state index contributed by atoms with van der Waals surface area (Å²) in [5.74, 6) is 1.10. The zero-order valence-electron chi connectivity index (χ0n) is 9.89. The lowest BCUT2D eigenvalue weighted by atomic mass is 10.1. The molecule has 0 radical (unpaired) electrons. The Kier molecular flexibility index (Phi) is 2.68. The highest BCUT2D eigenvalue weighted by Gasteiger charge is 2.12. The summed E-state index contributed by atoms with van der Waals surface area (Å²) in [6.45, 7) is 0. The Labute approximate surface area is 112 Å². The van der Waals surface area contributed by atoms with E-state index < -0.39 is 0 Å². The second-order valence-corrected chi connectivity index (χ2v) is 4.28. The molecule has 2 heterocycles. The Morgan fingerprint density at radius 3 is 2.89 bits per heavy atom. The summed E-state index contributed by atoms with van der Waals surface area (Å²) < 4.78 is 10.8. The third-order valence-corrected chi connectivity index (χ3v) is 2.96. The molecule has 0 fully saturated rings. The highest BCUT2D eigenvalue weighted by molar-refractivity contribution is 7.71. The normalized spacial score (nSPS) is 10.8. The maximum absolute atomic E-state index is 11.9. The van der Waals surface area contributed by atoms with Gasteiger partial charge < -0.3 is 14.1 Å². The Balaban J connectivity index is 2.40. The van der Waals surface area contributed by atoms with E-state index in [1.165, 1.54) is 6.39 Å². The van der Waals surface area contributed by atoms with Gasteiger partial charge in [0.1, 0.15) is 5.75 Å². The summed E-state index contributed by atoms with van der Waals surface area (Å²) >= 11 is 4.94. The van der Waals surface area contributed by atoms with Crippen molar-refractivity contribution in [2.45, 2.75) is 0 Å². The van der Waals surface area contributed by atoms with Crippen LogP contribution < -0.4 is 10.3 Å². The molecule has 0 bridgehead atoms. The maximum Gasteiger partial charge on any atom is 0.259 e. The zero-order chi connectivity index (χ0) is 13.4. The summed E-state index contributed by atoms with van der Waals surface area (Å²) in [7, 11) is 1.54. The van der Waals surface area contributed by atoms with Crippen LogP contribution in [0.15, 0.2) is 33.9 Å². The molecule has 0 spiro atoms. The summed E-state index contributed by atoms with van der Waals surface area (Å²) in [4.78, 5) is 21.2. The van der Waals surface area contributed by atoms with Gasteiger partial charge in [-0.05, 0) is 18.3 Å². The number of rotatable bonds is 2. The van der Waals surface area contributed by atoms with Crippen LogP contribution in [0.1, 0.15) is 0 Å². The van der Waals surface area contributed by atoms with Crippen molar-refractivity contribution in [3.63, 3.8) is 0 Å². The molecular weight excluding hydrogens is 266 g/mol. The predicted molar refractivity (Wildman–Crippen MR) is 71.8 cm³/mol. The van der Waals surface area contributed by atoms with Gasteiger partial charge in [-0.1, -0.05) is 0 Å². The molecule has 0 aliphatic heterocycles. The standard InChI is InChI=1S/C12H9N3O3S/c1-17-9-3-8-6(11(16)15-12(19)14-8)2-7(9)10-4-13-5-18-10/h2-5H,1H3,(H2,14,15,16,19). The van der Waals surface area contributed by atoms with Crippen LogP contribution in [0.25, 0.3) is 22.2 Å². The van der Waals surface area contributed by atoms with Crippen molar-refractivity contribution in [3.05, 3.63) is 39.8 Å². The summed E-state index contributed by atoms with van der Waals surface area (Å²) in [5.41, 5.74) is 1.000. The number of fused-ring (bicyclic) bond motifs is 1. The van der Waals surface area contributed by atoms with Crippen LogP contribution in [-0.4, -0.2) is 22.1 Å². The largest absolute Gasteiger partial charge is 0.496 e. The number of oxazole rings is 1. The second kappa shape index (κ2) is 4.36. The Bertz CT molecular complexity index is 849. The van der Waals surface area contributed by atoms with E-state index in [4.69, 9.17) is 21.4 Å². The third kappa shape index (κ3) is 1.93. The number of aromatic amines is 2. The van der Waals surface area contributed by atoms with Crippen molar-refractivity contribution >= 4 is 23.1 Å². The van der Waals surface area contributed by atoms with Gasteiger partial charge in [0.15, 0.2) is 16.9 Å². The van der Waals surface area contributed by atoms with Crippen LogP contribution in [0, 0.1) is 4.77 Å². The van der Waals surface area contributed by atoms with Crippen molar-refractivity contribution in [1.82, 2.24) is 15.0 Å². The van der Waals surface area contributed by atoms with E-state index in [0.29, 0.717) is 28.0 Å². The topological polar surface area (TPSA) is 83.9 Å². The summed E-state index contributed by atoms with van der Waals surface area (Å²) in [6.07, 6.45) is 2.88. The van der Waals surface area contributed by atoms with E-state index in [9.17, 15) is 4.79 Å². The van der Waals surface area contributed by atoms with E-state index in [-0.39, 0.29) is 10.3 Å². The Morgan fingerprint density at radius 2 is 2.21 bits per heavy atom. The molecule has 2 aromatic heterocycles. The molecule has 1 aromatic carbocycles. The van der Waals surface area contributed by atoms with Gasteiger partial charge in [0.2, 0.25) is 0 Å². The predicted octanol–water partition coefficient (Wildman–Crippen LogP) is 2.25. The van der Waals surface area contributed by atoms with E-state index in [1.54, 1.807) is 25.4 Å². The number of hydrogen-bond acceptors (Lipinski definition) is 5. The minimum atomic E-state index is -0.262. The first-order valence-electron chi connectivity index (χ1n) is 5.42. The molecule has 2 N–H and O–H groups in total. The highest BCUT2D eigenvalue weighted by Crippen LogP contribution is 2.32. The van der Waals surface area contributed by atoms with Crippen molar-refractivity contribution in [2.75, 3.05) is 7.11 Å². The van der Waals surface area contributed by atoms with Crippen LogP contribution in [0.5, 0.6) is 5.75 Å². The number of H-pyrrole nitrogens is 2. The fourth-order valence-corrected chi connectivity index (χ4v) is 2.11. The van der Waals surface area contributed by atoms with E-state index in [2.05, 4.69) is 15.0 Å². The van der Waals surface area contributed by atoms with Gasteiger partial charge in [-0.15, -0.1) is 0 Å². The number of ether oxygens (including phenoxy) is 1. The van der Waals surface area contributed by atoms with Gasteiger partial charge in [-0.25, -0.2) is 4.98 Å². The molecule has 6 nitrogen and oxygen atoms in total. The molecule has 0 atom stereocenters. The summed E-state index contributed by atoms with van der Waals surface area (Å²) in [5, 5.41) is 0.473. The lowest BCUT2D eigenvalue weighted by Crippen LogP contribution is -2.08. The van der Waals surface area contributed by atoms with Gasteiger partial charge in [0, 0.05) is 6.07 Å². The van der Waals surface area contributed by atoms with Crippen LogP contribution >= 0.6 is 12.2 Å². The van der Waals surface area contributed by atoms with Gasteiger partial charge in [-0.3, -0.25) is 9.78 Å². The quantitative estimate of drug-likeness (QED) is 0.701. The molecule has 19 heavy (non-hydrogen) atoms. The maximum atomic E-state index is 11.9. The molecule has 3 aromatic rings. The number of nitrogens with zero attached hydrogens (tertiary/aromatic N) is 1. The minimum Gasteiger partial charge on any atom is -0.496 e. The number of aromatic nitrogens is 3. The lowest BCUT2D eigenvalue weighted by molar-refractivity contribution is 0.415. The highest BCUT2D eigenvalue weighted by atomic mass is 32.1. The molecule has 0 saturated carbocycles. The van der Waals surface area contributed by atoms with E-state index >= 15 is 0 Å². The van der Waals surface area contributed by atoms with E-state index in [1.807, 2.05) is 0 Å². The first kappa shape index (κ1) is 11.7. The van der Waals surface area contributed by atoms with Gasteiger partial charge in [-0.2, -0.15) is 0 Å². The molecule has 0 aliphatic carbocycles. The molecule has 0 aliphatic rings. The molecule has 7 heteroatoms. The van der Waals surface area contributed by atoms with Gasteiger partial charge >= 0.3 is 0 Å². The molecule has 96 valence electrons. The number of methoxy groups -OCH3 is 1. The molecule has 3 rings (SSSR count). The van der Waals surface area contributed by atoms with Crippen molar-refractivity contribution in [1.29, 1.82) is 0 Å². The number of benzene rings is 1.